The van der Waals surface area contributed by atoms with Crippen LogP contribution in [0, 0.1) is 0 Å². The Bertz CT molecular complexity index is 684. The van der Waals surface area contributed by atoms with Crippen molar-refractivity contribution in [3.63, 3.8) is 0 Å². The Labute approximate surface area is 126 Å². The highest BCUT2D eigenvalue weighted by Crippen LogP contribution is 2.15. The molecule has 0 unspecified atom stereocenters. The summed E-state index contributed by atoms with van der Waals surface area (Å²) in [6.45, 7) is 0.741. The van der Waals surface area contributed by atoms with Gasteiger partial charge in [0.15, 0.2) is 0 Å². The average Bonchev–Trinajstić information content (AvgIpc) is 2.48. The molecule has 0 aliphatic heterocycles. The number of nitrogens with zero attached hydrogens (tertiary/aromatic N) is 1. The SMILES string of the molecule is CN(Cc1ccccc1CN)S(=O)(=O)Cc1ccccc1. The van der Waals surface area contributed by atoms with Crippen LogP contribution in [0.2, 0.25) is 0 Å². The van der Waals surface area contributed by atoms with Gasteiger partial charge in [0, 0.05) is 20.1 Å². The topological polar surface area (TPSA) is 63.4 Å². The van der Waals surface area contributed by atoms with Crippen molar-refractivity contribution in [2.45, 2.75) is 18.8 Å². The highest BCUT2D eigenvalue weighted by molar-refractivity contribution is 7.88. The number of nitrogens with two attached hydrogens (primary N) is 1. The summed E-state index contributed by atoms with van der Waals surface area (Å²) in [7, 11) is -1.74. The number of benzene rings is 2. The van der Waals surface area contributed by atoms with Gasteiger partial charge in [-0.3, -0.25) is 0 Å². The van der Waals surface area contributed by atoms with E-state index in [9.17, 15) is 8.42 Å². The van der Waals surface area contributed by atoms with E-state index in [2.05, 4.69) is 0 Å². The number of hydrogen-bond donors (Lipinski definition) is 1. The zero-order valence-electron chi connectivity index (χ0n) is 12.1. The van der Waals surface area contributed by atoms with Crippen LogP contribution in [0.1, 0.15) is 16.7 Å². The summed E-state index contributed by atoms with van der Waals surface area (Å²) >= 11 is 0. The highest BCUT2D eigenvalue weighted by atomic mass is 32.2. The largest absolute Gasteiger partial charge is 0.326 e. The van der Waals surface area contributed by atoms with Crippen molar-refractivity contribution >= 4 is 10.0 Å². The summed E-state index contributed by atoms with van der Waals surface area (Å²) in [6, 6.07) is 16.8. The lowest BCUT2D eigenvalue weighted by Gasteiger charge is -2.19. The van der Waals surface area contributed by atoms with Crippen LogP contribution in [0.25, 0.3) is 0 Å². The summed E-state index contributed by atoms with van der Waals surface area (Å²) in [4.78, 5) is 0. The molecule has 0 aromatic heterocycles. The van der Waals surface area contributed by atoms with E-state index in [0.29, 0.717) is 13.1 Å². The first-order valence-electron chi connectivity index (χ1n) is 6.77. The molecule has 0 saturated heterocycles. The first-order valence-corrected chi connectivity index (χ1v) is 8.38. The highest BCUT2D eigenvalue weighted by Gasteiger charge is 2.19. The van der Waals surface area contributed by atoms with Gasteiger partial charge in [0.1, 0.15) is 0 Å². The van der Waals surface area contributed by atoms with Crippen molar-refractivity contribution in [1.82, 2.24) is 4.31 Å². The van der Waals surface area contributed by atoms with Crippen molar-refractivity contribution < 1.29 is 8.42 Å². The zero-order chi connectivity index (χ0) is 15.3. The van der Waals surface area contributed by atoms with Gasteiger partial charge in [-0.2, -0.15) is 0 Å². The lowest BCUT2D eigenvalue weighted by Crippen LogP contribution is -2.28. The van der Waals surface area contributed by atoms with Gasteiger partial charge in [-0.25, -0.2) is 12.7 Å². The summed E-state index contributed by atoms with van der Waals surface area (Å²) in [5.41, 5.74) is 8.39. The van der Waals surface area contributed by atoms with E-state index in [-0.39, 0.29) is 5.75 Å². The van der Waals surface area contributed by atoms with Gasteiger partial charge in [-0.15, -0.1) is 0 Å². The molecule has 112 valence electrons. The molecule has 2 aromatic rings. The Morgan fingerprint density at radius 2 is 1.52 bits per heavy atom. The minimum Gasteiger partial charge on any atom is -0.326 e. The molecule has 5 heteroatoms. The molecule has 0 saturated carbocycles. The zero-order valence-corrected chi connectivity index (χ0v) is 12.9. The monoisotopic (exact) mass is 304 g/mol. The first-order chi connectivity index (χ1) is 10.0. The minimum atomic E-state index is -3.34. The molecule has 0 spiro atoms. The third-order valence-electron chi connectivity index (χ3n) is 3.40. The molecular weight excluding hydrogens is 284 g/mol. The van der Waals surface area contributed by atoms with Crippen LogP contribution >= 0.6 is 0 Å². The van der Waals surface area contributed by atoms with Crippen LogP contribution in [-0.2, 0) is 28.9 Å². The van der Waals surface area contributed by atoms with Crippen LogP contribution in [0.15, 0.2) is 54.6 Å². The Morgan fingerprint density at radius 3 is 2.14 bits per heavy atom. The first kappa shape index (κ1) is 15.7. The molecule has 2 rings (SSSR count). The lowest BCUT2D eigenvalue weighted by atomic mass is 10.1. The molecule has 0 amide bonds. The lowest BCUT2D eigenvalue weighted by molar-refractivity contribution is 0.464. The van der Waals surface area contributed by atoms with E-state index < -0.39 is 10.0 Å². The summed E-state index contributed by atoms with van der Waals surface area (Å²) in [5, 5.41) is 0. The molecule has 0 atom stereocenters. The maximum atomic E-state index is 12.4. The Kier molecular flexibility index (Phi) is 5.12. The van der Waals surface area contributed by atoms with Gasteiger partial charge in [0.25, 0.3) is 0 Å². The Morgan fingerprint density at radius 1 is 0.952 bits per heavy atom. The molecular formula is C16H20N2O2S. The minimum absolute atomic E-state index is 0.00906. The predicted octanol–water partition coefficient (Wildman–Crippen LogP) is 2.11. The third-order valence-corrected chi connectivity index (χ3v) is 5.18. The van der Waals surface area contributed by atoms with Crippen LogP contribution in [0.4, 0.5) is 0 Å². The molecule has 2 aromatic carbocycles. The standard InChI is InChI=1S/C16H20N2O2S/c1-18(12-16-10-6-5-9-15(16)11-17)21(19,20)13-14-7-3-2-4-8-14/h2-10H,11-13,17H2,1H3. The van der Waals surface area contributed by atoms with Crippen molar-refractivity contribution in [1.29, 1.82) is 0 Å². The van der Waals surface area contributed by atoms with E-state index in [0.717, 1.165) is 16.7 Å². The summed E-state index contributed by atoms with van der Waals surface area (Å²) in [5.74, 6) is 0.00906. The quantitative estimate of drug-likeness (QED) is 0.889. The molecule has 0 radical (unpaired) electrons. The number of hydrogen-bond acceptors (Lipinski definition) is 3. The van der Waals surface area contributed by atoms with E-state index in [1.165, 1.54) is 4.31 Å². The molecule has 0 fully saturated rings. The predicted molar refractivity (Wildman–Crippen MR) is 84.9 cm³/mol. The second kappa shape index (κ2) is 6.85. The van der Waals surface area contributed by atoms with Gasteiger partial charge in [-0.05, 0) is 16.7 Å². The normalized spacial score (nSPS) is 11.8. The summed E-state index contributed by atoms with van der Waals surface area (Å²) < 4.78 is 26.2. The van der Waals surface area contributed by atoms with Gasteiger partial charge < -0.3 is 5.73 Å². The Balaban J connectivity index is 2.13. The van der Waals surface area contributed by atoms with Gasteiger partial charge >= 0.3 is 0 Å². The van der Waals surface area contributed by atoms with Gasteiger partial charge in [0.05, 0.1) is 5.75 Å². The number of rotatable bonds is 6. The molecule has 0 heterocycles. The molecule has 0 aliphatic rings. The molecule has 4 nitrogen and oxygen atoms in total. The van der Waals surface area contributed by atoms with Crippen molar-refractivity contribution in [3.05, 3.63) is 71.3 Å². The second-order valence-electron chi connectivity index (χ2n) is 4.97. The third kappa shape index (κ3) is 4.14. The van der Waals surface area contributed by atoms with E-state index in [1.807, 2.05) is 54.6 Å². The Hall–Kier alpha value is -1.69. The average molecular weight is 304 g/mol. The molecule has 2 N–H and O–H groups in total. The maximum absolute atomic E-state index is 12.4. The van der Waals surface area contributed by atoms with Crippen LogP contribution in [-0.4, -0.2) is 19.8 Å². The van der Waals surface area contributed by atoms with Crippen LogP contribution < -0.4 is 5.73 Å². The fourth-order valence-corrected chi connectivity index (χ4v) is 3.31. The van der Waals surface area contributed by atoms with E-state index >= 15 is 0 Å². The van der Waals surface area contributed by atoms with Crippen molar-refractivity contribution in [3.8, 4) is 0 Å². The molecule has 21 heavy (non-hydrogen) atoms. The number of sulfonamides is 1. The molecule has 0 aliphatic carbocycles. The van der Waals surface area contributed by atoms with Gasteiger partial charge in [-0.1, -0.05) is 54.6 Å². The fourth-order valence-electron chi connectivity index (χ4n) is 2.14. The van der Waals surface area contributed by atoms with Crippen LogP contribution in [0.5, 0.6) is 0 Å². The second-order valence-corrected chi connectivity index (χ2v) is 7.05. The van der Waals surface area contributed by atoms with Crippen molar-refractivity contribution in [2.24, 2.45) is 5.73 Å². The maximum Gasteiger partial charge on any atom is 0.218 e. The smallest absolute Gasteiger partial charge is 0.218 e. The van der Waals surface area contributed by atoms with E-state index in [4.69, 9.17) is 5.73 Å². The van der Waals surface area contributed by atoms with Crippen molar-refractivity contribution in [2.75, 3.05) is 7.05 Å². The molecule has 0 bridgehead atoms. The van der Waals surface area contributed by atoms with Gasteiger partial charge in [0.2, 0.25) is 10.0 Å². The summed E-state index contributed by atoms with van der Waals surface area (Å²) in [6.07, 6.45) is 0. The fraction of sp³-hybridized carbons (Fsp3) is 0.250. The van der Waals surface area contributed by atoms with Crippen LogP contribution in [0.3, 0.4) is 0 Å². The van der Waals surface area contributed by atoms with E-state index in [1.54, 1.807) is 7.05 Å².